The molecule has 26 heavy (non-hydrogen) atoms. The normalized spacial score (nSPS) is 25.4. The smallest absolute Gasteiger partial charge is 0.340 e. The van der Waals surface area contributed by atoms with E-state index in [9.17, 15) is 20.1 Å². The molecule has 4 atom stereocenters. The number of aromatic nitrogens is 1. The Morgan fingerprint density at radius 3 is 2.50 bits per heavy atom. The van der Waals surface area contributed by atoms with Crippen LogP contribution in [0.25, 0.3) is 11.3 Å². The van der Waals surface area contributed by atoms with E-state index < -0.39 is 37.0 Å². The number of hydrogen-bond acceptors (Lipinski definition) is 6. The van der Waals surface area contributed by atoms with Crippen LogP contribution in [0.1, 0.15) is 28.9 Å². The lowest BCUT2D eigenvalue weighted by Gasteiger charge is -2.16. The van der Waals surface area contributed by atoms with Crippen molar-refractivity contribution in [2.24, 2.45) is 7.05 Å². The number of carbonyl (C=O) groups is 1. The number of aryl methyl sites for hydroxylation is 1. The van der Waals surface area contributed by atoms with E-state index in [2.05, 4.69) is 0 Å². The Kier molecular flexibility index (Phi) is 5.43. The molecule has 7 nitrogen and oxygen atoms in total. The zero-order chi connectivity index (χ0) is 18.8. The van der Waals surface area contributed by atoms with Gasteiger partial charge in [0.25, 0.3) is 0 Å². The van der Waals surface area contributed by atoms with E-state index in [-0.39, 0.29) is 12.2 Å². The van der Waals surface area contributed by atoms with Gasteiger partial charge in [-0.2, -0.15) is 0 Å². The SMILES string of the molecule is CCOC(=O)c1c(C2OC(CO)C(O)C2O)cn(C)c1-c1ccccc1. The van der Waals surface area contributed by atoms with Gasteiger partial charge < -0.3 is 29.4 Å². The fraction of sp³-hybridized carbons (Fsp3) is 0.421. The standard InChI is InChI=1S/C19H23NO6/c1-3-25-19(24)14-12(18-17(23)16(22)13(10-21)26-18)9-20(2)15(14)11-7-5-4-6-8-11/h4-9,13,16-18,21-23H,3,10H2,1-2H3. The molecule has 1 aliphatic heterocycles. The molecular weight excluding hydrogens is 338 g/mol. The molecular formula is C19H23NO6. The number of aliphatic hydroxyl groups is 3. The van der Waals surface area contributed by atoms with Crippen LogP contribution in [0.5, 0.6) is 0 Å². The molecule has 2 heterocycles. The molecule has 0 aliphatic carbocycles. The summed E-state index contributed by atoms with van der Waals surface area (Å²) in [5.74, 6) is -0.528. The van der Waals surface area contributed by atoms with E-state index in [1.807, 2.05) is 30.3 Å². The quantitative estimate of drug-likeness (QED) is 0.688. The fourth-order valence-corrected chi connectivity index (χ4v) is 3.38. The van der Waals surface area contributed by atoms with E-state index in [4.69, 9.17) is 9.47 Å². The second kappa shape index (κ2) is 7.59. The maximum absolute atomic E-state index is 12.7. The molecule has 1 saturated heterocycles. The van der Waals surface area contributed by atoms with Gasteiger partial charge in [-0.05, 0) is 12.5 Å². The van der Waals surface area contributed by atoms with E-state index in [0.29, 0.717) is 11.3 Å². The summed E-state index contributed by atoms with van der Waals surface area (Å²) in [6.07, 6.45) is -2.66. The lowest BCUT2D eigenvalue weighted by atomic mass is 9.97. The van der Waals surface area contributed by atoms with Crippen LogP contribution in [0, 0.1) is 0 Å². The largest absolute Gasteiger partial charge is 0.462 e. The van der Waals surface area contributed by atoms with Gasteiger partial charge in [0.05, 0.1) is 24.5 Å². The number of carbonyl (C=O) groups excluding carboxylic acids is 1. The average Bonchev–Trinajstić information content (AvgIpc) is 3.13. The van der Waals surface area contributed by atoms with Gasteiger partial charge in [-0.3, -0.25) is 0 Å². The molecule has 0 saturated carbocycles. The van der Waals surface area contributed by atoms with E-state index >= 15 is 0 Å². The highest BCUT2D eigenvalue weighted by atomic mass is 16.6. The summed E-state index contributed by atoms with van der Waals surface area (Å²) in [6.45, 7) is 1.49. The Bertz CT molecular complexity index is 772. The number of aliphatic hydroxyl groups excluding tert-OH is 3. The van der Waals surface area contributed by atoms with Crippen LogP contribution in [0.2, 0.25) is 0 Å². The first kappa shape index (κ1) is 18.6. The molecule has 3 N–H and O–H groups in total. The summed E-state index contributed by atoms with van der Waals surface area (Å²) in [6, 6.07) is 9.36. The summed E-state index contributed by atoms with van der Waals surface area (Å²) >= 11 is 0. The first-order valence-corrected chi connectivity index (χ1v) is 8.53. The van der Waals surface area contributed by atoms with Gasteiger partial charge >= 0.3 is 5.97 Å². The van der Waals surface area contributed by atoms with Gasteiger partial charge in [0.15, 0.2) is 0 Å². The third-order valence-corrected chi connectivity index (χ3v) is 4.59. The van der Waals surface area contributed by atoms with Crippen LogP contribution in [-0.4, -0.2) is 57.4 Å². The molecule has 140 valence electrons. The Labute approximate surface area is 151 Å². The Morgan fingerprint density at radius 2 is 1.92 bits per heavy atom. The van der Waals surface area contributed by atoms with Crippen molar-refractivity contribution in [3.05, 3.63) is 47.7 Å². The van der Waals surface area contributed by atoms with Crippen LogP contribution in [0.4, 0.5) is 0 Å². The highest BCUT2D eigenvalue weighted by Gasteiger charge is 2.45. The molecule has 0 bridgehead atoms. The zero-order valence-electron chi connectivity index (χ0n) is 14.7. The third kappa shape index (κ3) is 3.14. The van der Waals surface area contributed by atoms with E-state index in [1.54, 1.807) is 24.7 Å². The predicted molar refractivity (Wildman–Crippen MR) is 93.5 cm³/mol. The van der Waals surface area contributed by atoms with Crippen LogP contribution in [0.3, 0.4) is 0 Å². The van der Waals surface area contributed by atoms with Crippen LogP contribution in [0.15, 0.2) is 36.5 Å². The maximum Gasteiger partial charge on any atom is 0.340 e. The number of rotatable bonds is 5. The molecule has 1 aromatic heterocycles. The minimum atomic E-state index is -1.26. The molecule has 1 aromatic carbocycles. The summed E-state index contributed by atoms with van der Waals surface area (Å²) in [5, 5.41) is 29.8. The van der Waals surface area contributed by atoms with Gasteiger partial charge in [-0.15, -0.1) is 0 Å². The van der Waals surface area contributed by atoms with Crippen LogP contribution >= 0.6 is 0 Å². The van der Waals surface area contributed by atoms with Crippen molar-refractivity contribution in [2.45, 2.75) is 31.3 Å². The van der Waals surface area contributed by atoms with Gasteiger partial charge in [-0.25, -0.2) is 4.79 Å². The first-order valence-electron chi connectivity index (χ1n) is 8.53. The maximum atomic E-state index is 12.7. The monoisotopic (exact) mass is 361 g/mol. The molecule has 0 spiro atoms. The molecule has 4 unspecified atom stereocenters. The van der Waals surface area contributed by atoms with Gasteiger partial charge in [0.1, 0.15) is 24.4 Å². The second-order valence-corrected chi connectivity index (χ2v) is 6.26. The number of hydrogen-bond donors (Lipinski definition) is 3. The lowest BCUT2D eigenvalue weighted by Crippen LogP contribution is -2.32. The van der Waals surface area contributed by atoms with E-state index in [1.165, 1.54) is 0 Å². The zero-order valence-corrected chi connectivity index (χ0v) is 14.7. The molecule has 7 heteroatoms. The highest BCUT2D eigenvalue weighted by molar-refractivity contribution is 5.98. The minimum absolute atomic E-state index is 0.206. The van der Waals surface area contributed by atoms with Gasteiger partial charge in [0, 0.05) is 18.8 Å². The van der Waals surface area contributed by atoms with Gasteiger partial charge in [0.2, 0.25) is 0 Å². The molecule has 0 amide bonds. The predicted octanol–water partition coefficient (Wildman–Crippen LogP) is 1.02. The number of ether oxygens (including phenoxy) is 2. The van der Waals surface area contributed by atoms with Crippen molar-refractivity contribution >= 4 is 5.97 Å². The highest BCUT2D eigenvalue weighted by Crippen LogP contribution is 2.39. The summed E-state index contributed by atoms with van der Waals surface area (Å²) in [4.78, 5) is 12.7. The van der Waals surface area contributed by atoms with Gasteiger partial charge in [-0.1, -0.05) is 30.3 Å². The molecule has 0 radical (unpaired) electrons. The third-order valence-electron chi connectivity index (χ3n) is 4.59. The Morgan fingerprint density at radius 1 is 1.23 bits per heavy atom. The van der Waals surface area contributed by atoms with Crippen molar-refractivity contribution in [1.29, 1.82) is 0 Å². The van der Waals surface area contributed by atoms with Crippen LogP contribution < -0.4 is 0 Å². The summed E-state index contributed by atoms with van der Waals surface area (Å²) < 4.78 is 12.6. The molecule has 1 fully saturated rings. The Hall–Kier alpha value is -2.19. The second-order valence-electron chi connectivity index (χ2n) is 6.26. The topological polar surface area (TPSA) is 101 Å². The number of nitrogens with zero attached hydrogens (tertiary/aromatic N) is 1. The average molecular weight is 361 g/mol. The molecule has 1 aliphatic rings. The first-order chi connectivity index (χ1) is 12.5. The van der Waals surface area contributed by atoms with Crippen molar-refractivity contribution in [3.63, 3.8) is 0 Å². The van der Waals surface area contributed by atoms with Crippen molar-refractivity contribution in [1.82, 2.24) is 4.57 Å². The minimum Gasteiger partial charge on any atom is -0.462 e. The van der Waals surface area contributed by atoms with Crippen LogP contribution in [-0.2, 0) is 16.5 Å². The van der Waals surface area contributed by atoms with Crippen molar-refractivity contribution in [2.75, 3.05) is 13.2 Å². The number of benzene rings is 1. The fourth-order valence-electron chi connectivity index (χ4n) is 3.38. The van der Waals surface area contributed by atoms with Crippen molar-refractivity contribution in [3.8, 4) is 11.3 Å². The molecule has 3 rings (SSSR count). The lowest BCUT2D eigenvalue weighted by molar-refractivity contribution is -0.0230. The summed E-state index contributed by atoms with van der Waals surface area (Å²) in [7, 11) is 1.79. The molecule has 2 aromatic rings. The van der Waals surface area contributed by atoms with E-state index in [0.717, 1.165) is 5.56 Å². The Balaban J connectivity index is 2.13. The number of esters is 1. The van der Waals surface area contributed by atoms with Crippen molar-refractivity contribution < 1.29 is 29.6 Å². The summed E-state index contributed by atoms with van der Waals surface area (Å²) in [5.41, 5.74) is 2.16.